The smallest absolute Gasteiger partial charge is 0.270 e. The first-order valence-corrected chi connectivity index (χ1v) is 9.55. The van der Waals surface area contributed by atoms with Crippen LogP contribution in [0.25, 0.3) is 10.6 Å². The quantitative estimate of drug-likeness (QED) is 0.736. The molecule has 3 aromatic rings. The minimum atomic E-state index is -0.724. The number of fused-ring (bicyclic) bond motifs is 1. The van der Waals surface area contributed by atoms with Gasteiger partial charge in [-0.2, -0.15) is 0 Å². The number of para-hydroxylation sites is 2. The van der Waals surface area contributed by atoms with E-state index in [1.54, 1.807) is 6.07 Å². The monoisotopic (exact) mass is 381 g/mol. The first-order chi connectivity index (χ1) is 13.1. The Balaban J connectivity index is 1.43. The van der Waals surface area contributed by atoms with E-state index in [1.807, 2.05) is 30.3 Å². The van der Waals surface area contributed by atoms with E-state index in [9.17, 15) is 4.79 Å². The zero-order valence-electron chi connectivity index (χ0n) is 15.0. The zero-order valence-corrected chi connectivity index (χ0v) is 15.8. The molecule has 1 N–H and O–H groups in total. The molecular formula is C20H19N3O3S. The molecule has 1 aliphatic rings. The number of carbonyl (C=O) groups excluding carboxylic acids is 1. The minimum absolute atomic E-state index is 0.158. The van der Waals surface area contributed by atoms with E-state index in [-0.39, 0.29) is 12.5 Å². The molecule has 0 saturated heterocycles. The summed E-state index contributed by atoms with van der Waals surface area (Å²) >= 11 is 1.33. The summed E-state index contributed by atoms with van der Waals surface area (Å²) in [5, 5.41) is 12.2. The topological polar surface area (TPSA) is 73.3 Å². The Kier molecular flexibility index (Phi) is 4.77. The van der Waals surface area contributed by atoms with Gasteiger partial charge in [-0.25, -0.2) is 0 Å². The lowest BCUT2D eigenvalue weighted by Crippen LogP contribution is -2.40. The fourth-order valence-electron chi connectivity index (χ4n) is 2.74. The number of nitrogens with zero attached hydrogens (tertiary/aromatic N) is 2. The Morgan fingerprint density at radius 2 is 1.85 bits per heavy atom. The van der Waals surface area contributed by atoms with E-state index in [2.05, 4.69) is 41.5 Å². The molecule has 0 spiro atoms. The molecular weight excluding hydrogens is 362 g/mol. The van der Waals surface area contributed by atoms with Crippen molar-refractivity contribution in [2.75, 3.05) is 11.9 Å². The summed E-state index contributed by atoms with van der Waals surface area (Å²) in [5.41, 5.74) is 2.25. The highest BCUT2D eigenvalue weighted by atomic mass is 32.1. The van der Waals surface area contributed by atoms with Gasteiger partial charge >= 0.3 is 0 Å². The number of hydrogen-bond donors (Lipinski definition) is 1. The van der Waals surface area contributed by atoms with Gasteiger partial charge in [-0.1, -0.05) is 61.6 Å². The largest absolute Gasteiger partial charge is 0.485 e. The molecule has 1 amide bonds. The predicted molar refractivity (Wildman–Crippen MR) is 104 cm³/mol. The molecule has 1 aliphatic heterocycles. The van der Waals surface area contributed by atoms with Crippen LogP contribution in [-0.2, 0) is 4.79 Å². The van der Waals surface area contributed by atoms with Crippen LogP contribution < -0.4 is 14.8 Å². The van der Waals surface area contributed by atoms with E-state index in [0.717, 1.165) is 10.6 Å². The molecule has 0 aliphatic carbocycles. The summed E-state index contributed by atoms with van der Waals surface area (Å²) in [6, 6.07) is 15.5. The Morgan fingerprint density at radius 3 is 2.59 bits per heavy atom. The maximum absolute atomic E-state index is 12.5. The van der Waals surface area contributed by atoms with Crippen molar-refractivity contribution in [1.29, 1.82) is 0 Å². The number of anilines is 1. The Bertz CT molecular complexity index is 953. The standard InChI is InChI=1S/C20H19N3O3S/c1-12(2)13-7-9-14(10-8-13)19-22-23-20(27-19)21-18(24)17-11-25-15-5-3-4-6-16(15)26-17/h3-10,12,17H,11H2,1-2H3,(H,21,23,24)/t17-/m0/s1. The molecule has 1 aromatic heterocycles. The molecule has 0 saturated carbocycles. The molecule has 2 aromatic carbocycles. The van der Waals surface area contributed by atoms with Crippen LogP contribution in [0.2, 0.25) is 0 Å². The van der Waals surface area contributed by atoms with Crippen molar-refractivity contribution >= 4 is 22.4 Å². The fourth-order valence-corrected chi connectivity index (χ4v) is 3.49. The number of aromatic nitrogens is 2. The first kappa shape index (κ1) is 17.5. The van der Waals surface area contributed by atoms with Gasteiger partial charge in [-0.15, -0.1) is 10.2 Å². The van der Waals surface area contributed by atoms with Crippen LogP contribution in [0.5, 0.6) is 11.5 Å². The molecule has 4 rings (SSSR count). The number of nitrogens with one attached hydrogen (secondary N) is 1. The maximum Gasteiger partial charge on any atom is 0.270 e. The van der Waals surface area contributed by atoms with Gasteiger partial charge in [-0.05, 0) is 23.6 Å². The van der Waals surface area contributed by atoms with Crippen LogP contribution >= 0.6 is 11.3 Å². The third kappa shape index (κ3) is 3.78. The number of carbonyl (C=O) groups is 1. The summed E-state index contributed by atoms with van der Waals surface area (Å²) in [5.74, 6) is 1.38. The van der Waals surface area contributed by atoms with Crippen molar-refractivity contribution in [1.82, 2.24) is 10.2 Å². The van der Waals surface area contributed by atoms with Crippen molar-refractivity contribution < 1.29 is 14.3 Å². The molecule has 7 heteroatoms. The first-order valence-electron chi connectivity index (χ1n) is 8.73. The average molecular weight is 381 g/mol. The van der Waals surface area contributed by atoms with Gasteiger partial charge in [0.1, 0.15) is 11.6 Å². The molecule has 0 radical (unpaired) electrons. The van der Waals surface area contributed by atoms with Gasteiger partial charge in [0.15, 0.2) is 11.5 Å². The van der Waals surface area contributed by atoms with Crippen molar-refractivity contribution in [3.63, 3.8) is 0 Å². The molecule has 0 bridgehead atoms. The average Bonchev–Trinajstić information content (AvgIpc) is 3.16. The second kappa shape index (κ2) is 7.36. The molecule has 0 fully saturated rings. The van der Waals surface area contributed by atoms with Crippen LogP contribution in [0.4, 0.5) is 5.13 Å². The van der Waals surface area contributed by atoms with Gasteiger partial charge in [0.2, 0.25) is 11.2 Å². The zero-order chi connectivity index (χ0) is 18.8. The number of benzene rings is 2. The summed E-state index contributed by atoms with van der Waals surface area (Å²) in [7, 11) is 0. The molecule has 1 atom stereocenters. The van der Waals surface area contributed by atoms with E-state index in [0.29, 0.717) is 22.5 Å². The van der Waals surface area contributed by atoms with Gasteiger partial charge in [0, 0.05) is 5.56 Å². The van der Waals surface area contributed by atoms with Gasteiger partial charge in [0.25, 0.3) is 5.91 Å². The second-order valence-corrected chi connectivity index (χ2v) is 7.52. The molecule has 138 valence electrons. The van der Waals surface area contributed by atoms with Crippen molar-refractivity contribution in [3.05, 3.63) is 54.1 Å². The summed E-state index contributed by atoms with van der Waals surface area (Å²) in [6.07, 6.45) is -0.724. The third-order valence-electron chi connectivity index (χ3n) is 4.28. The maximum atomic E-state index is 12.5. The van der Waals surface area contributed by atoms with Gasteiger partial charge < -0.3 is 9.47 Å². The van der Waals surface area contributed by atoms with E-state index in [4.69, 9.17) is 9.47 Å². The highest BCUT2D eigenvalue weighted by Gasteiger charge is 2.28. The summed E-state index contributed by atoms with van der Waals surface area (Å²) < 4.78 is 11.3. The summed E-state index contributed by atoms with van der Waals surface area (Å²) in [4.78, 5) is 12.5. The van der Waals surface area contributed by atoms with Gasteiger partial charge in [-0.3, -0.25) is 10.1 Å². The number of ether oxygens (including phenoxy) is 2. The molecule has 2 heterocycles. The molecule has 6 nitrogen and oxygen atoms in total. The van der Waals surface area contributed by atoms with Crippen LogP contribution in [0.1, 0.15) is 25.3 Å². The minimum Gasteiger partial charge on any atom is -0.485 e. The Morgan fingerprint density at radius 1 is 1.11 bits per heavy atom. The second-order valence-electron chi connectivity index (χ2n) is 6.54. The Labute approximate surface area is 161 Å². The van der Waals surface area contributed by atoms with Crippen LogP contribution in [0.3, 0.4) is 0 Å². The number of rotatable bonds is 4. The highest BCUT2D eigenvalue weighted by Crippen LogP contribution is 2.32. The lowest BCUT2D eigenvalue weighted by molar-refractivity contribution is -0.125. The van der Waals surface area contributed by atoms with Crippen molar-refractivity contribution in [2.24, 2.45) is 0 Å². The third-order valence-corrected chi connectivity index (χ3v) is 5.17. The van der Waals surface area contributed by atoms with Crippen molar-refractivity contribution in [3.8, 4) is 22.1 Å². The van der Waals surface area contributed by atoms with E-state index in [1.165, 1.54) is 16.9 Å². The SMILES string of the molecule is CC(C)c1ccc(-c2nnc(NC(=O)[C@@H]3COc4ccccc4O3)s2)cc1. The lowest BCUT2D eigenvalue weighted by atomic mass is 10.0. The van der Waals surface area contributed by atoms with Crippen LogP contribution in [0, 0.1) is 0 Å². The van der Waals surface area contributed by atoms with Crippen LogP contribution in [-0.4, -0.2) is 28.8 Å². The molecule has 27 heavy (non-hydrogen) atoms. The fraction of sp³-hybridized carbons (Fsp3) is 0.250. The number of amides is 1. The van der Waals surface area contributed by atoms with Crippen molar-refractivity contribution in [2.45, 2.75) is 25.9 Å². The Hall–Kier alpha value is -2.93. The number of hydrogen-bond acceptors (Lipinski definition) is 6. The van der Waals surface area contributed by atoms with Gasteiger partial charge in [0.05, 0.1) is 0 Å². The van der Waals surface area contributed by atoms with E-state index < -0.39 is 6.10 Å². The van der Waals surface area contributed by atoms with Crippen LogP contribution in [0.15, 0.2) is 48.5 Å². The lowest BCUT2D eigenvalue weighted by Gasteiger charge is -2.25. The highest BCUT2D eigenvalue weighted by molar-refractivity contribution is 7.18. The molecule has 0 unspecified atom stereocenters. The summed E-state index contributed by atoms with van der Waals surface area (Å²) in [6.45, 7) is 4.47. The normalized spacial score (nSPS) is 15.6. The predicted octanol–water partition coefficient (Wildman–Crippen LogP) is 4.11. The van der Waals surface area contributed by atoms with E-state index >= 15 is 0 Å².